The van der Waals surface area contributed by atoms with Crippen LogP contribution in [0, 0.1) is 5.41 Å². The molecule has 0 saturated carbocycles. The molecule has 0 aliphatic carbocycles. The van der Waals surface area contributed by atoms with Gasteiger partial charge in [-0.2, -0.15) is 0 Å². The molecule has 2 heterocycles. The molecular weight excluding hydrogens is 202 g/mol. The molecule has 1 aliphatic rings. The van der Waals surface area contributed by atoms with E-state index in [0.717, 1.165) is 26.3 Å². The molecule has 4 nitrogen and oxygen atoms in total. The number of aromatic nitrogens is 2. The molecule has 0 aromatic carbocycles. The second kappa shape index (κ2) is 4.55. The van der Waals surface area contributed by atoms with Gasteiger partial charge in [0.25, 0.3) is 0 Å². The number of hydrogen-bond donors (Lipinski definition) is 1. The Balaban J connectivity index is 1.82. The fourth-order valence-corrected chi connectivity index (χ4v) is 1.98. The van der Waals surface area contributed by atoms with Crippen molar-refractivity contribution in [1.29, 1.82) is 0 Å². The lowest BCUT2D eigenvalue weighted by atomic mass is 9.89. The fourth-order valence-electron chi connectivity index (χ4n) is 1.98. The Morgan fingerprint density at radius 1 is 1.56 bits per heavy atom. The van der Waals surface area contributed by atoms with E-state index >= 15 is 0 Å². The van der Waals surface area contributed by atoms with Gasteiger partial charge in [-0.1, -0.05) is 6.92 Å². The molecule has 0 atom stereocenters. The van der Waals surface area contributed by atoms with E-state index < -0.39 is 0 Å². The molecule has 2 rings (SSSR count). The number of nitrogens with zero attached hydrogens (tertiary/aromatic N) is 2. The average molecular weight is 223 g/mol. The summed E-state index contributed by atoms with van der Waals surface area (Å²) in [5.41, 5.74) is 1.58. The molecule has 90 valence electrons. The van der Waals surface area contributed by atoms with Gasteiger partial charge < -0.3 is 14.6 Å². The first-order valence-corrected chi connectivity index (χ1v) is 5.90. The maximum absolute atomic E-state index is 5.23. The molecule has 1 aromatic heterocycles. The highest BCUT2D eigenvalue weighted by Gasteiger charge is 2.32. The Labute approximate surface area is 97.0 Å². The summed E-state index contributed by atoms with van der Waals surface area (Å²) < 4.78 is 7.43. The van der Waals surface area contributed by atoms with E-state index in [1.54, 1.807) is 0 Å². The minimum atomic E-state index is 0.336. The second-order valence-electron chi connectivity index (χ2n) is 5.29. The molecule has 4 heteroatoms. The molecule has 1 aromatic rings. The molecule has 1 N–H and O–H groups in total. The molecule has 0 bridgehead atoms. The smallest absolute Gasteiger partial charge is 0.0951 e. The summed E-state index contributed by atoms with van der Waals surface area (Å²) in [6, 6.07) is 0.474. The summed E-state index contributed by atoms with van der Waals surface area (Å²) in [4.78, 5) is 4.19. The molecule has 1 fully saturated rings. The third kappa shape index (κ3) is 2.44. The van der Waals surface area contributed by atoms with Crippen molar-refractivity contribution in [3.63, 3.8) is 0 Å². The first kappa shape index (κ1) is 11.6. The van der Waals surface area contributed by atoms with E-state index in [4.69, 9.17) is 4.74 Å². The Morgan fingerprint density at radius 3 is 2.88 bits per heavy atom. The maximum atomic E-state index is 5.23. The van der Waals surface area contributed by atoms with Crippen LogP contribution in [0.4, 0.5) is 0 Å². The maximum Gasteiger partial charge on any atom is 0.0951 e. The van der Waals surface area contributed by atoms with Crippen LogP contribution in [0.15, 0.2) is 12.5 Å². The van der Waals surface area contributed by atoms with Crippen LogP contribution in [0.2, 0.25) is 0 Å². The van der Waals surface area contributed by atoms with E-state index in [1.165, 1.54) is 5.69 Å². The summed E-state index contributed by atoms with van der Waals surface area (Å²) in [6.07, 6.45) is 3.84. The number of ether oxygens (including phenoxy) is 1. The van der Waals surface area contributed by atoms with E-state index in [9.17, 15) is 0 Å². The highest BCUT2D eigenvalue weighted by molar-refractivity contribution is 4.99. The van der Waals surface area contributed by atoms with Crippen molar-refractivity contribution in [2.45, 2.75) is 33.4 Å². The molecule has 0 unspecified atom stereocenters. The van der Waals surface area contributed by atoms with Gasteiger partial charge in [0.15, 0.2) is 0 Å². The largest absolute Gasteiger partial charge is 0.380 e. The Hall–Kier alpha value is -0.870. The molecule has 1 aliphatic heterocycles. The SMILES string of the molecule is CC(C)n1cncc1CNCC1(C)COC1. The number of hydrogen-bond acceptors (Lipinski definition) is 3. The highest BCUT2D eigenvalue weighted by Crippen LogP contribution is 2.25. The van der Waals surface area contributed by atoms with Crippen LogP contribution >= 0.6 is 0 Å². The van der Waals surface area contributed by atoms with Gasteiger partial charge in [0.2, 0.25) is 0 Å². The molecule has 1 saturated heterocycles. The lowest BCUT2D eigenvalue weighted by Crippen LogP contribution is -2.47. The second-order valence-corrected chi connectivity index (χ2v) is 5.29. The summed E-state index contributed by atoms with van der Waals surface area (Å²) >= 11 is 0. The van der Waals surface area contributed by atoms with E-state index in [-0.39, 0.29) is 0 Å². The Kier molecular flexibility index (Phi) is 3.30. The third-order valence-electron chi connectivity index (χ3n) is 3.06. The molecule has 0 amide bonds. The third-order valence-corrected chi connectivity index (χ3v) is 3.06. The van der Waals surface area contributed by atoms with Crippen LogP contribution in [-0.2, 0) is 11.3 Å². The summed E-state index contributed by atoms with van der Waals surface area (Å²) in [6.45, 7) is 10.2. The van der Waals surface area contributed by atoms with Crippen molar-refractivity contribution in [2.24, 2.45) is 5.41 Å². The minimum Gasteiger partial charge on any atom is -0.380 e. The van der Waals surface area contributed by atoms with Gasteiger partial charge in [-0.3, -0.25) is 0 Å². The Bertz CT molecular complexity index is 342. The predicted octanol–water partition coefficient (Wildman–Crippen LogP) is 1.59. The zero-order valence-electron chi connectivity index (χ0n) is 10.4. The van der Waals surface area contributed by atoms with E-state index in [2.05, 4.69) is 35.6 Å². The van der Waals surface area contributed by atoms with Gasteiger partial charge in [-0.05, 0) is 13.8 Å². The van der Waals surface area contributed by atoms with Crippen LogP contribution < -0.4 is 5.32 Å². The normalized spacial score (nSPS) is 18.8. The monoisotopic (exact) mass is 223 g/mol. The number of imidazole rings is 1. The highest BCUT2D eigenvalue weighted by atomic mass is 16.5. The molecule has 16 heavy (non-hydrogen) atoms. The average Bonchev–Trinajstić information content (AvgIpc) is 2.63. The van der Waals surface area contributed by atoms with Crippen LogP contribution in [0.3, 0.4) is 0 Å². The van der Waals surface area contributed by atoms with E-state index in [0.29, 0.717) is 11.5 Å². The van der Waals surface area contributed by atoms with Crippen molar-refractivity contribution >= 4 is 0 Å². The number of nitrogens with one attached hydrogen (secondary N) is 1. The van der Waals surface area contributed by atoms with Crippen LogP contribution in [0.5, 0.6) is 0 Å². The van der Waals surface area contributed by atoms with Gasteiger partial charge in [-0.15, -0.1) is 0 Å². The van der Waals surface area contributed by atoms with Crippen molar-refractivity contribution in [3.05, 3.63) is 18.2 Å². The van der Waals surface area contributed by atoms with E-state index in [1.807, 2.05) is 12.5 Å². The first-order valence-electron chi connectivity index (χ1n) is 5.90. The van der Waals surface area contributed by atoms with Gasteiger partial charge in [0, 0.05) is 30.7 Å². The van der Waals surface area contributed by atoms with Gasteiger partial charge in [0.05, 0.1) is 25.2 Å². The van der Waals surface area contributed by atoms with Crippen LogP contribution in [-0.4, -0.2) is 29.3 Å². The fraction of sp³-hybridized carbons (Fsp3) is 0.750. The topological polar surface area (TPSA) is 39.1 Å². The number of rotatable bonds is 5. The quantitative estimate of drug-likeness (QED) is 0.824. The molecule has 0 spiro atoms. The Morgan fingerprint density at radius 2 is 2.31 bits per heavy atom. The van der Waals surface area contributed by atoms with Crippen molar-refractivity contribution < 1.29 is 4.74 Å². The lowest BCUT2D eigenvalue weighted by molar-refractivity contribution is -0.0992. The molecule has 0 radical (unpaired) electrons. The van der Waals surface area contributed by atoms with Crippen molar-refractivity contribution in [3.8, 4) is 0 Å². The van der Waals surface area contributed by atoms with Crippen LogP contribution in [0.25, 0.3) is 0 Å². The predicted molar refractivity (Wildman–Crippen MR) is 63.2 cm³/mol. The lowest BCUT2D eigenvalue weighted by Gasteiger charge is -2.38. The summed E-state index contributed by atoms with van der Waals surface area (Å²) in [7, 11) is 0. The molecular formula is C12H21N3O. The van der Waals surface area contributed by atoms with Crippen molar-refractivity contribution in [2.75, 3.05) is 19.8 Å². The van der Waals surface area contributed by atoms with Gasteiger partial charge in [0.1, 0.15) is 0 Å². The standard InChI is InChI=1S/C12H21N3O/c1-10(2)15-9-14-5-11(15)4-13-6-12(3)7-16-8-12/h5,9-10,13H,4,6-8H2,1-3H3. The summed E-state index contributed by atoms with van der Waals surface area (Å²) in [5, 5.41) is 3.48. The van der Waals surface area contributed by atoms with Crippen molar-refractivity contribution in [1.82, 2.24) is 14.9 Å². The zero-order chi connectivity index (χ0) is 11.6. The zero-order valence-corrected chi connectivity index (χ0v) is 10.4. The van der Waals surface area contributed by atoms with Gasteiger partial charge in [-0.25, -0.2) is 4.98 Å². The first-order chi connectivity index (χ1) is 7.61. The minimum absolute atomic E-state index is 0.336. The van der Waals surface area contributed by atoms with Gasteiger partial charge >= 0.3 is 0 Å². The summed E-state index contributed by atoms with van der Waals surface area (Å²) in [5.74, 6) is 0. The van der Waals surface area contributed by atoms with Crippen LogP contribution in [0.1, 0.15) is 32.5 Å².